The van der Waals surface area contributed by atoms with E-state index in [2.05, 4.69) is 11.1 Å². The Morgan fingerprint density at radius 1 is 1.03 bits per heavy atom. The predicted molar refractivity (Wildman–Crippen MR) is 149 cm³/mol. The first-order valence-electron chi connectivity index (χ1n) is 11.7. The van der Waals surface area contributed by atoms with Crippen molar-refractivity contribution in [3.05, 3.63) is 95.2 Å². The minimum atomic E-state index is -0.221. The summed E-state index contributed by atoms with van der Waals surface area (Å²) in [4.78, 5) is 34.7. The Hall–Kier alpha value is -3.84. The van der Waals surface area contributed by atoms with E-state index in [0.717, 1.165) is 33.8 Å². The third-order valence-corrected chi connectivity index (χ3v) is 6.65. The van der Waals surface area contributed by atoms with Crippen LogP contribution in [0.1, 0.15) is 23.6 Å². The van der Waals surface area contributed by atoms with E-state index in [1.807, 2.05) is 87.5 Å². The van der Waals surface area contributed by atoms with Crippen LogP contribution in [0.3, 0.4) is 0 Å². The van der Waals surface area contributed by atoms with E-state index in [9.17, 15) is 9.59 Å². The SMILES string of the molecule is CCN(C(=O)CSC1=N/C(=C\c2ccc(OC)cc2)C(=O)N1c1cc(C)cc(C)c1)c1ccccc1. The lowest BCUT2D eigenvalue weighted by molar-refractivity contribution is -0.116. The second-order valence-corrected chi connectivity index (χ2v) is 9.39. The summed E-state index contributed by atoms with van der Waals surface area (Å²) in [5, 5.41) is 0.488. The zero-order valence-corrected chi connectivity index (χ0v) is 21.7. The monoisotopic (exact) mass is 499 g/mol. The lowest BCUT2D eigenvalue weighted by Gasteiger charge is -2.22. The third-order valence-electron chi connectivity index (χ3n) is 5.72. The Balaban J connectivity index is 1.63. The van der Waals surface area contributed by atoms with Gasteiger partial charge in [0.05, 0.1) is 18.6 Å². The lowest BCUT2D eigenvalue weighted by Crippen LogP contribution is -2.34. The first-order chi connectivity index (χ1) is 17.4. The fourth-order valence-electron chi connectivity index (χ4n) is 4.07. The first kappa shape index (κ1) is 25.3. The van der Waals surface area contributed by atoms with E-state index >= 15 is 0 Å². The molecule has 1 aliphatic heterocycles. The van der Waals surface area contributed by atoms with Crippen molar-refractivity contribution >= 4 is 46.2 Å². The van der Waals surface area contributed by atoms with Crippen LogP contribution in [0.15, 0.2) is 83.5 Å². The molecule has 1 aliphatic rings. The molecule has 7 heteroatoms. The van der Waals surface area contributed by atoms with Crippen molar-refractivity contribution in [2.45, 2.75) is 20.8 Å². The number of aryl methyl sites for hydroxylation is 2. The summed E-state index contributed by atoms with van der Waals surface area (Å²) in [7, 11) is 1.61. The van der Waals surface area contributed by atoms with Crippen LogP contribution in [0.2, 0.25) is 0 Å². The van der Waals surface area contributed by atoms with Gasteiger partial charge in [0.25, 0.3) is 5.91 Å². The molecule has 0 bridgehead atoms. The lowest BCUT2D eigenvalue weighted by atomic mass is 10.1. The van der Waals surface area contributed by atoms with Gasteiger partial charge in [0.15, 0.2) is 5.17 Å². The van der Waals surface area contributed by atoms with Crippen LogP contribution in [-0.4, -0.2) is 36.4 Å². The molecule has 3 aromatic rings. The van der Waals surface area contributed by atoms with Gasteiger partial charge < -0.3 is 9.64 Å². The molecule has 0 saturated heterocycles. The van der Waals surface area contributed by atoms with E-state index in [1.165, 1.54) is 11.8 Å². The van der Waals surface area contributed by atoms with Gasteiger partial charge in [-0.2, -0.15) is 0 Å². The Morgan fingerprint density at radius 2 is 1.69 bits per heavy atom. The minimum absolute atomic E-state index is 0.0446. The Kier molecular flexibility index (Phi) is 7.90. The zero-order chi connectivity index (χ0) is 25.7. The van der Waals surface area contributed by atoms with Gasteiger partial charge in [0, 0.05) is 12.2 Å². The normalized spacial score (nSPS) is 14.2. The Labute approximate surface area is 216 Å². The molecule has 184 valence electrons. The number of carbonyl (C=O) groups is 2. The van der Waals surface area contributed by atoms with Gasteiger partial charge in [-0.25, -0.2) is 4.99 Å². The molecule has 4 rings (SSSR count). The number of amides is 2. The predicted octanol–water partition coefficient (Wildman–Crippen LogP) is 5.84. The van der Waals surface area contributed by atoms with Crippen LogP contribution >= 0.6 is 11.8 Å². The van der Waals surface area contributed by atoms with Crippen molar-refractivity contribution in [3.63, 3.8) is 0 Å². The highest BCUT2D eigenvalue weighted by molar-refractivity contribution is 8.14. The number of aliphatic imine (C=N–C) groups is 1. The van der Waals surface area contributed by atoms with Gasteiger partial charge in [0.2, 0.25) is 5.91 Å². The highest BCUT2D eigenvalue weighted by atomic mass is 32.2. The largest absolute Gasteiger partial charge is 0.497 e. The van der Waals surface area contributed by atoms with E-state index in [1.54, 1.807) is 23.0 Å². The summed E-state index contributed by atoms with van der Waals surface area (Å²) in [6, 6.07) is 23.0. The maximum Gasteiger partial charge on any atom is 0.283 e. The maximum absolute atomic E-state index is 13.5. The second-order valence-electron chi connectivity index (χ2n) is 8.45. The first-order valence-corrected chi connectivity index (χ1v) is 12.7. The highest BCUT2D eigenvalue weighted by Crippen LogP contribution is 2.31. The fourth-order valence-corrected chi connectivity index (χ4v) is 4.96. The van der Waals surface area contributed by atoms with Gasteiger partial charge in [-0.15, -0.1) is 0 Å². The molecule has 6 nitrogen and oxygen atoms in total. The van der Waals surface area contributed by atoms with Crippen molar-refractivity contribution in [1.29, 1.82) is 0 Å². The number of rotatable bonds is 7. The van der Waals surface area contributed by atoms with Crippen LogP contribution < -0.4 is 14.5 Å². The number of carbonyl (C=O) groups excluding carboxylic acids is 2. The van der Waals surface area contributed by atoms with Gasteiger partial charge in [-0.3, -0.25) is 14.5 Å². The molecule has 0 saturated carbocycles. The summed E-state index contributed by atoms with van der Waals surface area (Å²) < 4.78 is 5.23. The Morgan fingerprint density at radius 3 is 2.31 bits per heavy atom. The number of ether oxygens (including phenoxy) is 1. The summed E-state index contributed by atoms with van der Waals surface area (Å²) in [6.45, 7) is 6.50. The van der Waals surface area contributed by atoms with Crippen molar-refractivity contribution < 1.29 is 14.3 Å². The number of thioether (sulfide) groups is 1. The van der Waals surface area contributed by atoms with Gasteiger partial charge in [-0.05, 0) is 79.9 Å². The average molecular weight is 500 g/mol. The molecule has 0 aliphatic carbocycles. The number of methoxy groups -OCH3 is 1. The van der Waals surface area contributed by atoms with Crippen molar-refractivity contribution in [3.8, 4) is 5.75 Å². The molecular formula is C29H29N3O3S. The van der Waals surface area contributed by atoms with Crippen molar-refractivity contribution in [2.75, 3.05) is 29.2 Å². The molecule has 0 spiro atoms. The minimum Gasteiger partial charge on any atom is -0.497 e. The zero-order valence-electron chi connectivity index (χ0n) is 20.9. The molecule has 3 aromatic carbocycles. The summed E-state index contributed by atoms with van der Waals surface area (Å²) in [6.07, 6.45) is 1.76. The molecule has 2 amide bonds. The van der Waals surface area contributed by atoms with Crippen LogP contribution in [0.4, 0.5) is 11.4 Å². The van der Waals surface area contributed by atoms with Gasteiger partial charge in [-0.1, -0.05) is 48.2 Å². The van der Waals surface area contributed by atoms with Crippen LogP contribution in [-0.2, 0) is 9.59 Å². The van der Waals surface area contributed by atoms with Crippen LogP contribution in [0.5, 0.6) is 5.75 Å². The highest BCUT2D eigenvalue weighted by Gasteiger charge is 2.33. The number of amidine groups is 1. The summed E-state index contributed by atoms with van der Waals surface area (Å²) >= 11 is 1.27. The Bertz CT molecular complexity index is 1300. The maximum atomic E-state index is 13.5. The number of benzene rings is 3. The van der Waals surface area contributed by atoms with E-state index in [-0.39, 0.29) is 17.6 Å². The van der Waals surface area contributed by atoms with Crippen LogP contribution in [0.25, 0.3) is 6.08 Å². The topological polar surface area (TPSA) is 62.2 Å². The molecule has 36 heavy (non-hydrogen) atoms. The molecule has 0 aromatic heterocycles. The third kappa shape index (κ3) is 5.69. The molecule has 0 radical (unpaired) electrons. The summed E-state index contributed by atoms with van der Waals surface area (Å²) in [5.41, 5.74) is 4.85. The van der Waals surface area contributed by atoms with Crippen molar-refractivity contribution in [2.24, 2.45) is 4.99 Å². The van der Waals surface area contributed by atoms with E-state index in [0.29, 0.717) is 17.4 Å². The molecule has 0 N–H and O–H groups in total. The second kappa shape index (κ2) is 11.3. The number of nitrogens with zero attached hydrogens (tertiary/aromatic N) is 3. The van der Waals surface area contributed by atoms with Gasteiger partial charge >= 0.3 is 0 Å². The average Bonchev–Trinajstić information content (AvgIpc) is 3.18. The quantitative estimate of drug-likeness (QED) is 0.383. The number of anilines is 2. The van der Waals surface area contributed by atoms with Gasteiger partial charge in [0.1, 0.15) is 11.4 Å². The summed E-state index contributed by atoms with van der Waals surface area (Å²) in [5.74, 6) is 0.633. The van der Waals surface area contributed by atoms with Crippen molar-refractivity contribution in [1.82, 2.24) is 0 Å². The number of hydrogen-bond donors (Lipinski definition) is 0. The number of hydrogen-bond acceptors (Lipinski definition) is 5. The molecular weight excluding hydrogens is 470 g/mol. The molecule has 0 unspecified atom stereocenters. The smallest absolute Gasteiger partial charge is 0.283 e. The number of para-hydroxylation sites is 1. The fraction of sp³-hybridized carbons (Fsp3) is 0.207. The molecule has 0 fully saturated rings. The van der Waals surface area contributed by atoms with E-state index < -0.39 is 0 Å². The van der Waals surface area contributed by atoms with Crippen LogP contribution in [0, 0.1) is 13.8 Å². The molecule has 1 heterocycles. The van der Waals surface area contributed by atoms with E-state index in [4.69, 9.17) is 4.74 Å². The standard InChI is InChI=1S/C29H29N3O3S/c1-5-31(23-9-7-6-8-10-23)27(33)19-36-29-30-26(18-22-11-13-25(35-4)14-12-22)28(34)32(29)24-16-20(2)15-21(3)17-24/h6-18H,5,19H2,1-4H3/b26-18-. The molecule has 0 atom stereocenters.